The Morgan fingerprint density at radius 1 is 1.21 bits per heavy atom. The average molecular weight is 471 g/mol. The molecule has 1 fully saturated rings. The number of alkyl halides is 3. The van der Waals surface area contributed by atoms with Gasteiger partial charge in [-0.2, -0.15) is 18.3 Å². The molecule has 0 spiro atoms. The van der Waals surface area contributed by atoms with Crippen molar-refractivity contribution in [3.05, 3.63) is 41.0 Å². The minimum absolute atomic E-state index is 0.119. The van der Waals surface area contributed by atoms with Crippen molar-refractivity contribution < 1.29 is 37.4 Å². The van der Waals surface area contributed by atoms with E-state index in [1.807, 2.05) is 0 Å². The summed E-state index contributed by atoms with van der Waals surface area (Å²) in [5.41, 5.74) is 2.78. The van der Waals surface area contributed by atoms with Gasteiger partial charge >= 0.3 is 12.1 Å². The van der Waals surface area contributed by atoms with Crippen LogP contribution in [0.3, 0.4) is 0 Å². The Kier molecular flexibility index (Phi) is 7.74. The summed E-state index contributed by atoms with van der Waals surface area (Å²) in [6.45, 7) is 0.752. The van der Waals surface area contributed by atoms with Crippen molar-refractivity contribution in [1.82, 2.24) is 25.8 Å². The zero-order valence-corrected chi connectivity index (χ0v) is 17.5. The molecule has 33 heavy (non-hydrogen) atoms. The van der Waals surface area contributed by atoms with Gasteiger partial charge < -0.3 is 25.5 Å². The van der Waals surface area contributed by atoms with Gasteiger partial charge in [0.1, 0.15) is 0 Å². The summed E-state index contributed by atoms with van der Waals surface area (Å²) < 4.78 is 37.5. The number of hydrogen-bond acceptors (Lipinski definition) is 5. The predicted molar refractivity (Wildman–Crippen MR) is 107 cm³/mol. The molecule has 1 atom stereocenters. The summed E-state index contributed by atoms with van der Waals surface area (Å²) >= 11 is 0. The van der Waals surface area contributed by atoms with Crippen molar-refractivity contribution in [2.75, 3.05) is 6.54 Å². The number of ether oxygens (including phenoxy) is 1. The van der Waals surface area contributed by atoms with E-state index < -0.39 is 12.1 Å². The third-order valence-electron chi connectivity index (χ3n) is 5.35. The van der Waals surface area contributed by atoms with Crippen molar-refractivity contribution in [3.8, 4) is 0 Å². The molecule has 2 aromatic heterocycles. The van der Waals surface area contributed by atoms with Gasteiger partial charge in [0.15, 0.2) is 5.69 Å². The fourth-order valence-corrected chi connectivity index (χ4v) is 3.64. The Labute approximate surface area is 186 Å². The molecule has 5 N–H and O–H groups in total. The maximum absolute atomic E-state index is 12.6. The molecular weight excluding hydrogens is 447 g/mol. The molecular formula is C20H24F3N5O5. The van der Waals surface area contributed by atoms with Crippen LogP contribution in [0.5, 0.6) is 0 Å². The van der Waals surface area contributed by atoms with Crippen LogP contribution in [0.15, 0.2) is 18.5 Å². The van der Waals surface area contributed by atoms with Gasteiger partial charge in [0.2, 0.25) is 0 Å². The zero-order valence-electron chi connectivity index (χ0n) is 17.5. The van der Waals surface area contributed by atoms with E-state index in [9.17, 15) is 22.8 Å². The fourth-order valence-electron chi connectivity index (χ4n) is 3.64. The molecule has 0 saturated heterocycles. The number of nitrogens with one attached hydrogen (secondary N) is 4. The number of hydrogen-bond donors (Lipinski definition) is 5. The molecule has 1 aliphatic heterocycles. The number of carboxylic acids is 1. The van der Waals surface area contributed by atoms with Gasteiger partial charge in [0.05, 0.1) is 24.0 Å². The number of aliphatic carboxylic acids is 1. The Bertz CT molecular complexity index is 967. The number of aromatic nitrogens is 3. The summed E-state index contributed by atoms with van der Waals surface area (Å²) in [7, 11) is 0. The van der Waals surface area contributed by atoms with E-state index in [4.69, 9.17) is 14.6 Å². The van der Waals surface area contributed by atoms with Crippen LogP contribution < -0.4 is 10.6 Å². The summed E-state index contributed by atoms with van der Waals surface area (Å²) in [5.74, 6) is -3.02. The van der Waals surface area contributed by atoms with E-state index in [-0.39, 0.29) is 24.0 Å². The minimum atomic E-state index is -5.08. The first kappa shape index (κ1) is 24.3. The molecule has 0 bridgehead atoms. The van der Waals surface area contributed by atoms with Crippen LogP contribution >= 0.6 is 0 Å². The van der Waals surface area contributed by atoms with E-state index in [0.717, 1.165) is 24.1 Å². The lowest BCUT2D eigenvalue weighted by Gasteiger charge is -2.23. The van der Waals surface area contributed by atoms with E-state index in [2.05, 4.69) is 25.8 Å². The number of amides is 2. The highest BCUT2D eigenvalue weighted by Gasteiger charge is 2.38. The van der Waals surface area contributed by atoms with Crippen LogP contribution in [-0.2, 0) is 22.6 Å². The third kappa shape index (κ3) is 6.57. The normalized spacial score (nSPS) is 18.1. The number of fused-ring (bicyclic) bond motifs is 1. The number of carbonyl (C=O) groups excluding carboxylic acids is 2. The molecule has 2 amide bonds. The van der Waals surface area contributed by atoms with Gasteiger partial charge in [-0.3, -0.25) is 14.7 Å². The van der Waals surface area contributed by atoms with E-state index in [0.29, 0.717) is 30.8 Å². The highest BCUT2D eigenvalue weighted by atomic mass is 19.4. The highest BCUT2D eigenvalue weighted by molar-refractivity contribution is 5.94. The molecule has 3 heterocycles. The molecule has 2 aliphatic rings. The maximum Gasteiger partial charge on any atom is 0.490 e. The van der Waals surface area contributed by atoms with Crippen LogP contribution in [0, 0.1) is 0 Å². The molecule has 10 nitrogen and oxygen atoms in total. The summed E-state index contributed by atoms with van der Waals surface area (Å²) in [5, 5.41) is 20.2. The van der Waals surface area contributed by atoms with Crippen molar-refractivity contribution in [3.63, 3.8) is 0 Å². The van der Waals surface area contributed by atoms with E-state index >= 15 is 0 Å². The predicted octanol–water partition coefficient (Wildman–Crippen LogP) is 1.91. The quantitative estimate of drug-likeness (QED) is 0.450. The van der Waals surface area contributed by atoms with Gasteiger partial charge in [-0.1, -0.05) is 12.8 Å². The van der Waals surface area contributed by atoms with Crippen LogP contribution in [-0.4, -0.2) is 62.9 Å². The lowest BCUT2D eigenvalue weighted by atomic mass is 10.0. The standard InChI is InChI=1S/C18H23N5O3.C2HF3O2/c24-17(11-5-6-19-8-11)20-9-13-7-14-15(10-26-13)22-23-16(14)18(25)21-12-3-1-2-4-12;3-2(4,5)1(6)7/h5-6,8,12-13,19H,1-4,7,9-10H2,(H,20,24)(H,21,25)(H,22,23);(H,6,7). The lowest BCUT2D eigenvalue weighted by molar-refractivity contribution is -0.192. The van der Waals surface area contributed by atoms with Crippen molar-refractivity contribution in [2.45, 2.75) is 57.0 Å². The Morgan fingerprint density at radius 2 is 1.91 bits per heavy atom. The summed E-state index contributed by atoms with van der Waals surface area (Å²) in [4.78, 5) is 36.4. The van der Waals surface area contributed by atoms with Crippen molar-refractivity contribution >= 4 is 17.8 Å². The molecule has 4 rings (SSSR count). The molecule has 1 aliphatic carbocycles. The molecule has 0 aromatic carbocycles. The number of carboxylic acid groups (broad SMARTS) is 1. The van der Waals surface area contributed by atoms with Crippen molar-refractivity contribution in [2.24, 2.45) is 0 Å². The monoisotopic (exact) mass is 471 g/mol. The first-order chi connectivity index (χ1) is 15.6. The smallest absolute Gasteiger partial charge is 0.475 e. The largest absolute Gasteiger partial charge is 0.490 e. The molecule has 1 saturated carbocycles. The molecule has 13 heteroatoms. The van der Waals surface area contributed by atoms with Gasteiger partial charge in [-0.25, -0.2) is 4.79 Å². The van der Waals surface area contributed by atoms with Crippen LogP contribution in [0.1, 0.15) is 57.8 Å². The van der Waals surface area contributed by atoms with Gasteiger partial charge in [-0.15, -0.1) is 0 Å². The average Bonchev–Trinajstić information content (AvgIpc) is 3.53. The number of halogens is 3. The number of nitrogens with zero attached hydrogens (tertiary/aromatic N) is 1. The van der Waals surface area contributed by atoms with Crippen LogP contribution in [0.2, 0.25) is 0 Å². The molecule has 1 unspecified atom stereocenters. The first-order valence-corrected chi connectivity index (χ1v) is 10.3. The summed E-state index contributed by atoms with van der Waals surface area (Å²) in [6, 6.07) is 1.97. The Morgan fingerprint density at radius 3 is 2.52 bits per heavy atom. The second kappa shape index (κ2) is 10.5. The van der Waals surface area contributed by atoms with Crippen molar-refractivity contribution in [1.29, 1.82) is 0 Å². The van der Waals surface area contributed by atoms with Gasteiger partial charge in [0, 0.05) is 37.0 Å². The second-order valence-electron chi connectivity index (χ2n) is 7.73. The topological polar surface area (TPSA) is 149 Å². The second-order valence-corrected chi connectivity index (χ2v) is 7.73. The third-order valence-corrected chi connectivity index (χ3v) is 5.35. The Hall–Kier alpha value is -3.35. The fraction of sp³-hybridized carbons (Fsp3) is 0.500. The SMILES string of the molecule is O=C(NCC1Cc2c(C(=O)NC3CCCC3)n[nH]c2CO1)c1cc[nH]c1.O=C(O)C(F)(F)F. The first-order valence-electron chi connectivity index (χ1n) is 10.3. The molecule has 180 valence electrons. The molecule has 0 radical (unpaired) electrons. The minimum Gasteiger partial charge on any atom is -0.475 e. The van der Waals surface area contributed by atoms with E-state index in [1.165, 1.54) is 12.8 Å². The van der Waals surface area contributed by atoms with E-state index in [1.54, 1.807) is 18.5 Å². The number of rotatable bonds is 5. The van der Waals surface area contributed by atoms with Crippen LogP contribution in [0.4, 0.5) is 13.2 Å². The Balaban J connectivity index is 0.000000383. The molecule has 2 aromatic rings. The van der Waals surface area contributed by atoms with Gasteiger partial charge in [0.25, 0.3) is 11.8 Å². The number of aromatic amines is 2. The van der Waals surface area contributed by atoms with Gasteiger partial charge in [-0.05, 0) is 18.9 Å². The number of H-pyrrole nitrogens is 2. The van der Waals surface area contributed by atoms with Crippen LogP contribution in [0.25, 0.3) is 0 Å². The lowest BCUT2D eigenvalue weighted by Crippen LogP contribution is -2.38. The maximum atomic E-state index is 12.6. The summed E-state index contributed by atoms with van der Waals surface area (Å²) in [6.07, 6.45) is 3.05. The highest BCUT2D eigenvalue weighted by Crippen LogP contribution is 2.23. The number of carbonyl (C=O) groups is 3. The zero-order chi connectivity index (χ0) is 24.0.